The summed E-state index contributed by atoms with van der Waals surface area (Å²) in [5.74, 6) is 1.89. The first-order valence-corrected chi connectivity index (χ1v) is 7.75. The largest absolute Gasteiger partial charge is 0.496 e. The van der Waals surface area contributed by atoms with Crippen LogP contribution in [0.1, 0.15) is 31.7 Å². The van der Waals surface area contributed by atoms with E-state index in [1.54, 1.807) is 7.11 Å². The molecule has 1 aromatic rings. The Kier molecular flexibility index (Phi) is 3.74. The maximum Gasteiger partial charge on any atom is 0.122 e. The minimum atomic E-state index is 0.0501. The second kappa shape index (κ2) is 5.38. The summed E-state index contributed by atoms with van der Waals surface area (Å²) in [5, 5.41) is 0. The molecule has 1 aliphatic heterocycles. The average Bonchev–Trinajstić information content (AvgIpc) is 3.10. The fraction of sp³-hybridized carbons (Fsp3) is 0.647. The zero-order valence-corrected chi connectivity index (χ0v) is 12.6. The minimum absolute atomic E-state index is 0.0501. The van der Waals surface area contributed by atoms with Crippen LogP contribution in [0.5, 0.6) is 5.75 Å². The van der Waals surface area contributed by atoms with Crippen molar-refractivity contribution in [2.75, 3.05) is 20.2 Å². The minimum Gasteiger partial charge on any atom is -0.496 e. The van der Waals surface area contributed by atoms with Gasteiger partial charge >= 0.3 is 0 Å². The molecule has 1 saturated carbocycles. The van der Waals surface area contributed by atoms with E-state index in [0.29, 0.717) is 6.54 Å². The van der Waals surface area contributed by atoms with Crippen molar-refractivity contribution in [2.45, 2.75) is 44.2 Å². The second-order valence-corrected chi connectivity index (χ2v) is 6.67. The third kappa shape index (κ3) is 2.33. The summed E-state index contributed by atoms with van der Waals surface area (Å²) in [6, 6.07) is 9.08. The van der Waals surface area contributed by atoms with Crippen LogP contribution < -0.4 is 10.5 Å². The van der Waals surface area contributed by atoms with Gasteiger partial charge in [-0.2, -0.15) is 0 Å². The van der Waals surface area contributed by atoms with Gasteiger partial charge in [-0.05, 0) is 50.2 Å². The quantitative estimate of drug-likeness (QED) is 0.896. The SMILES string of the molecule is COc1ccccc1CC(C)(CN)N1CC2CCC1C2. The molecule has 3 atom stereocenters. The number of nitrogens with zero attached hydrogens (tertiary/aromatic N) is 1. The first-order chi connectivity index (χ1) is 9.66. The van der Waals surface area contributed by atoms with Crippen LogP contribution in [-0.4, -0.2) is 36.7 Å². The lowest BCUT2D eigenvalue weighted by Crippen LogP contribution is -2.56. The molecule has 0 aromatic heterocycles. The van der Waals surface area contributed by atoms with Gasteiger partial charge in [0.15, 0.2) is 0 Å². The van der Waals surface area contributed by atoms with Crippen molar-refractivity contribution in [3.8, 4) is 5.75 Å². The number of rotatable bonds is 5. The fourth-order valence-corrected chi connectivity index (χ4v) is 4.14. The number of benzene rings is 1. The molecule has 1 aliphatic carbocycles. The van der Waals surface area contributed by atoms with E-state index in [1.807, 2.05) is 12.1 Å². The van der Waals surface area contributed by atoms with E-state index in [9.17, 15) is 0 Å². The first kappa shape index (κ1) is 13.9. The number of para-hydroxylation sites is 1. The zero-order valence-electron chi connectivity index (χ0n) is 12.6. The topological polar surface area (TPSA) is 38.5 Å². The van der Waals surface area contributed by atoms with Gasteiger partial charge in [-0.1, -0.05) is 18.2 Å². The highest BCUT2D eigenvalue weighted by atomic mass is 16.5. The lowest BCUT2D eigenvalue weighted by atomic mass is 9.88. The van der Waals surface area contributed by atoms with Crippen LogP contribution in [0.3, 0.4) is 0 Å². The Labute approximate surface area is 122 Å². The van der Waals surface area contributed by atoms with Crippen molar-refractivity contribution in [3.05, 3.63) is 29.8 Å². The van der Waals surface area contributed by atoms with E-state index >= 15 is 0 Å². The van der Waals surface area contributed by atoms with Crippen molar-refractivity contribution in [3.63, 3.8) is 0 Å². The van der Waals surface area contributed by atoms with Gasteiger partial charge in [0.05, 0.1) is 7.11 Å². The Morgan fingerprint density at radius 3 is 2.75 bits per heavy atom. The lowest BCUT2D eigenvalue weighted by Gasteiger charge is -2.43. The molecule has 3 nitrogen and oxygen atoms in total. The monoisotopic (exact) mass is 274 g/mol. The van der Waals surface area contributed by atoms with Gasteiger partial charge in [-0.25, -0.2) is 0 Å². The van der Waals surface area contributed by atoms with Crippen LogP contribution >= 0.6 is 0 Å². The van der Waals surface area contributed by atoms with Crippen molar-refractivity contribution in [1.82, 2.24) is 4.90 Å². The van der Waals surface area contributed by atoms with Crippen LogP contribution in [0.25, 0.3) is 0 Å². The number of hydrogen-bond acceptors (Lipinski definition) is 3. The molecule has 2 N–H and O–H groups in total. The normalized spacial score (nSPS) is 28.6. The molecular weight excluding hydrogens is 248 g/mol. The molecule has 1 heterocycles. The van der Waals surface area contributed by atoms with Gasteiger partial charge in [0.25, 0.3) is 0 Å². The maximum atomic E-state index is 6.18. The standard InChI is InChI=1S/C17H26N2O/c1-17(12-18,19-11-13-7-8-15(19)9-13)10-14-5-3-4-6-16(14)20-2/h3-6,13,15H,7-12,18H2,1-2H3. The average molecular weight is 274 g/mol. The van der Waals surface area contributed by atoms with Crippen molar-refractivity contribution in [1.29, 1.82) is 0 Å². The molecule has 1 aromatic carbocycles. The van der Waals surface area contributed by atoms with E-state index in [4.69, 9.17) is 10.5 Å². The summed E-state index contributed by atoms with van der Waals surface area (Å²) >= 11 is 0. The van der Waals surface area contributed by atoms with Gasteiger partial charge in [-0.15, -0.1) is 0 Å². The number of piperidine rings is 1. The van der Waals surface area contributed by atoms with Gasteiger partial charge < -0.3 is 10.5 Å². The smallest absolute Gasteiger partial charge is 0.122 e. The van der Waals surface area contributed by atoms with E-state index in [2.05, 4.69) is 24.0 Å². The predicted molar refractivity (Wildman–Crippen MR) is 82.0 cm³/mol. The van der Waals surface area contributed by atoms with Gasteiger partial charge in [0, 0.05) is 24.7 Å². The zero-order chi connectivity index (χ0) is 14.2. The third-order valence-electron chi connectivity index (χ3n) is 5.31. The maximum absolute atomic E-state index is 6.18. The Morgan fingerprint density at radius 2 is 2.15 bits per heavy atom. The van der Waals surface area contributed by atoms with Crippen LogP contribution in [0.2, 0.25) is 0 Å². The van der Waals surface area contributed by atoms with Crippen LogP contribution in [0.15, 0.2) is 24.3 Å². The highest BCUT2D eigenvalue weighted by molar-refractivity contribution is 5.35. The molecule has 20 heavy (non-hydrogen) atoms. The summed E-state index contributed by atoms with van der Waals surface area (Å²) in [7, 11) is 1.75. The molecule has 2 aliphatic rings. The Hall–Kier alpha value is -1.06. The molecule has 2 bridgehead atoms. The molecule has 2 fully saturated rings. The van der Waals surface area contributed by atoms with Gasteiger partial charge in [-0.3, -0.25) is 4.90 Å². The molecule has 3 rings (SSSR count). The van der Waals surface area contributed by atoms with Crippen molar-refractivity contribution in [2.24, 2.45) is 11.7 Å². The second-order valence-electron chi connectivity index (χ2n) is 6.67. The molecule has 3 unspecified atom stereocenters. The van der Waals surface area contributed by atoms with Crippen molar-refractivity contribution < 1.29 is 4.74 Å². The third-order valence-corrected chi connectivity index (χ3v) is 5.31. The number of hydrogen-bond donors (Lipinski definition) is 1. The van der Waals surface area contributed by atoms with E-state index in [-0.39, 0.29) is 5.54 Å². The number of nitrogens with two attached hydrogens (primary N) is 1. The van der Waals surface area contributed by atoms with Gasteiger partial charge in [0.1, 0.15) is 5.75 Å². The van der Waals surface area contributed by atoms with Crippen LogP contribution in [0, 0.1) is 5.92 Å². The molecule has 0 radical (unpaired) electrons. The molecular formula is C17H26N2O. The van der Waals surface area contributed by atoms with Crippen LogP contribution in [0.4, 0.5) is 0 Å². The van der Waals surface area contributed by atoms with E-state index < -0.39 is 0 Å². The predicted octanol–water partition coefficient (Wildman–Crippen LogP) is 2.44. The Bertz CT molecular complexity index is 476. The van der Waals surface area contributed by atoms with Crippen LogP contribution in [-0.2, 0) is 6.42 Å². The number of methoxy groups -OCH3 is 1. The van der Waals surface area contributed by atoms with E-state index in [1.165, 1.54) is 31.4 Å². The molecule has 0 amide bonds. The van der Waals surface area contributed by atoms with Gasteiger partial charge in [0.2, 0.25) is 0 Å². The van der Waals surface area contributed by atoms with Crippen molar-refractivity contribution >= 4 is 0 Å². The number of fused-ring (bicyclic) bond motifs is 2. The number of ether oxygens (including phenoxy) is 1. The summed E-state index contributed by atoms with van der Waals surface area (Å²) in [5.41, 5.74) is 7.49. The van der Waals surface area contributed by atoms with E-state index in [0.717, 1.165) is 24.1 Å². The fourth-order valence-electron chi connectivity index (χ4n) is 4.14. The Balaban J connectivity index is 1.82. The summed E-state index contributed by atoms with van der Waals surface area (Å²) in [4.78, 5) is 2.67. The lowest BCUT2D eigenvalue weighted by molar-refractivity contribution is 0.0741. The first-order valence-electron chi connectivity index (χ1n) is 7.75. The summed E-state index contributed by atoms with van der Waals surface area (Å²) in [6.45, 7) is 4.25. The molecule has 1 saturated heterocycles. The Morgan fingerprint density at radius 1 is 1.35 bits per heavy atom. The molecule has 3 heteroatoms. The highest BCUT2D eigenvalue weighted by Gasteiger charge is 2.45. The molecule has 110 valence electrons. The highest BCUT2D eigenvalue weighted by Crippen LogP contribution is 2.42. The summed E-state index contributed by atoms with van der Waals surface area (Å²) in [6.07, 6.45) is 5.11. The molecule has 0 spiro atoms. The summed E-state index contributed by atoms with van der Waals surface area (Å²) < 4.78 is 5.50. The number of likely N-dealkylation sites (tertiary alicyclic amines) is 1.